The van der Waals surface area contributed by atoms with Gasteiger partial charge in [-0.2, -0.15) is 0 Å². The Balaban J connectivity index is 1.15. The minimum absolute atomic E-state index is 0.00235. The number of phenolic OH excluding ortho intramolecular Hbond substituents is 9. The van der Waals surface area contributed by atoms with Crippen LogP contribution in [-0.2, 0) is 4.74 Å². The van der Waals surface area contributed by atoms with Crippen molar-refractivity contribution in [3.05, 3.63) is 212 Å². The summed E-state index contributed by atoms with van der Waals surface area (Å²) < 4.78 is 26.5. The lowest BCUT2D eigenvalue weighted by molar-refractivity contribution is -0.277. The van der Waals surface area contributed by atoms with Crippen LogP contribution in [0.15, 0.2) is 146 Å². The Kier molecular flexibility index (Phi) is 11.8. The second-order valence-corrected chi connectivity index (χ2v) is 21.0. The van der Waals surface area contributed by atoms with Crippen molar-refractivity contribution in [2.75, 3.05) is 6.61 Å². The molecule has 3 heterocycles. The van der Waals surface area contributed by atoms with E-state index in [9.17, 15) is 66.4 Å². The molecule has 5 aliphatic rings. The number of rotatable bonds is 9. The van der Waals surface area contributed by atoms with Crippen LogP contribution in [0.25, 0.3) is 0 Å². The minimum Gasteiger partial charge on any atom is -0.508 e. The second kappa shape index (κ2) is 18.7. The number of phenols is 9. The number of aromatic hydroxyl groups is 9. The van der Waals surface area contributed by atoms with Crippen LogP contribution >= 0.6 is 0 Å². The van der Waals surface area contributed by atoms with Crippen molar-refractivity contribution in [2.24, 2.45) is 0 Å². The van der Waals surface area contributed by atoms with Crippen LogP contribution in [0.2, 0.25) is 0 Å². The number of benzene rings is 8. The van der Waals surface area contributed by atoms with Gasteiger partial charge in [-0.3, -0.25) is 0 Å². The van der Waals surface area contributed by atoms with Crippen molar-refractivity contribution in [2.45, 2.75) is 78.4 Å². The summed E-state index contributed by atoms with van der Waals surface area (Å²) in [6.07, 6.45) is -10.3. The monoisotopic (exact) mass is 1070 g/mol. The quantitative estimate of drug-likeness (QED) is 0.0653. The van der Waals surface area contributed by atoms with Gasteiger partial charge in [0.05, 0.1) is 18.4 Å². The Labute approximate surface area is 450 Å². The van der Waals surface area contributed by atoms with E-state index in [0.717, 1.165) is 0 Å². The standard InChI is InChI=1S/C62H52O17/c63-25-45-57(73)58(74)59(75)62(79-45)76-38-22-40(50-43(23-38)77-60(28-5-13-33(66)14-6-28)48(50)30-17-35(68)19-36(69)18-30)51-47(27-3-11-32(65)12-4-27)53-42(72)24-44-54-52(61(78-44)29-7-15-34(67)16-8-29)39-20-37(70)21-41(71)49(39)46(55(51)56(53)54)26-1-9-31(64)10-2-26/h1-24,45-48,51-52,55,57-75H,25H2/t45-,46-,47-,48-,51-,52?,55+,57-,58+,59-,60+,61+,62-/m1/s1. The van der Waals surface area contributed by atoms with E-state index in [1.54, 1.807) is 72.8 Å². The normalized spacial score (nSPS) is 27.0. The van der Waals surface area contributed by atoms with Gasteiger partial charge in [-0.15, -0.1) is 0 Å². The maximum Gasteiger partial charge on any atom is 0.229 e. The van der Waals surface area contributed by atoms with E-state index in [0.29, 0.717) is 72.5 Å². The molecule has 0 amide bonds. The van der Waals surface area contributed by atoms with Gasteiger partial charge >= 0.3 is 0 Å². The van der Waals surface area contributed by atoms with Gasteiger partial charge in [-0.25, -0.2) is 0 Å². The molecule has 0 saturated carbocycles. The van der Waals surface area contributed by atoms with Crippen molar-refractivity contribution in [1.82, 2.24) is 0 Å². The molecule has 0 aromatic heterocycles. The molecule has 3 aliphatic heterocycles. The summed E-state index contributed by atoms with van der Waals surface area (Å²) >= 11 is 0. The lowest BCUT2D eigenvalue weighted by atomic mass is 9.67. The molecule has 13 rings (SSSR count). The summed E-state index contributed by atoms with van der Waals surface area (Å²) in [5.41, 5.74) is 6.20. The number of hydrogen-bond acceptors (Lipinski definition) is 17. The van der Waals surface area contributed by atoms with E-state index < -0.39 is 85.0 Å². The van der Waals surface area contributed by atoms with Gasteiger partial charge in [0.1, 0.15) is 106 Å². The minimum atomic E-state index is -1.85. The Bertz CT molecular complexity index is 3660. The molecule has 2 aliphatic carbocycles. The third-order valence-electron chi connectivity index (χ3n) is 16.5. The molecule has 79 heavy (non-hydrogen) atoms. The average molecular weight is 1070 g/mol. The first-order valence-electron chi connectivity index (χ1n) is 25.7. The summed E-state index contributed by atoms with van der Waals surface area (Å²) in [6.45, 7) is -0.747. The van der Waals surface area contributed by atoms with Gasteiger partial charge in [0.25, 0.3) is 0 Å². The van der Waals surface area contributed by atoms with Gasteiger partial charge in [0.15, 0.2) is 0 Å². The van der Waals surface area contributed by atoms with Crippen LogP contribution in [0.1, 0.15) is 114 Å². The first kappa shape index (κ1) is 49.7. The summed E-state index contributed by atoms with van der Waals surface area (Å²) in [6, 6.07) is 37.6. The summed E-state index contributed by atoms with van der Waals surface area (Å²) in [7, 11) is 0. The van der Waals surface area contributed by atoms with E-state index in [1.165, 1.54) is 72.8 Å². The highest BCUT2D eigenvalue weighted by molar-refractivity contribution is 5.74. The zero-order valence-electron chi connectivity index (χ0n) is 41.5. The van der Waals surface area contributed by atoms with Crippen molar-refractivity contribution < 1.29 is 85.3 Å². The predicted octanol–water partition coefficient (Wildman–Crippen LogP) is 7.91. The van der Waals surface area contributed by atoms with Crippen LogP contribution in [0, 0.1) is 0 Å². The fraction of sp³-hybridized carbons (Fsp3) is 0.226. The van der Waals surface area contributed by atoms with Gasteiger partial charge in [0.2, 0.25) is 6.29 Å². The number of ether oxygens (including phenoxy) is 4. The second-order valence-electron chi connectivity index (χ2n) is 21.0. The van der Waals surface area contributed by atoms with E-state index in [2.05, 4.69) is 0 Å². The van der Waals surface area contributed by atoms with Crippen molar-refractivity contribution in [1.29, 1.82) is 0 Å². The first-order valence-corrected chi connectivity index (χ1v) is 25.7. The third kappa shape index (κ3) is 8.02. The highest BCUT2D eigenvalue weighted by Crippen LogP contribution is 2.72. The molecule has 8 aromatic carbocycles. The summed E-state index contributed by atoms with van der Waals surface area (Å²) in [5.74, 6) is -6.30. The highest BCUT2D eigenvalue weighted by atomic mass is 16.7. The Morgan fingerprint density at radius 2 is 0.861 bits per heavy atom. The predicted molar refractivity (Wildman–Crippen MR) is 281 cm³/mol. The average Bonchev–Trinajstić information content (AvgIpc) is 4.06. The number of aliphatic hydroxyl groups excluding tert-OH is 4. The van der Waals surface area contributed by atoms with Crippen LogP contribution in [0.3, 0.4) is 0 Å². The van der Waals surface area contributed by atoms with Crippen LogP contribution in [0.5, 0.6) is 69.0 Å². The Morgan fingerprint density at radius 3 is 1.42 bits per heavy atom. The smallest absolute Gasteiger partial charge is 0.229 e. The number of aliphatic hydroxyl groups is 4. The molecule has 13 N–H and O–H groups in total. The number of fused-ring (bicyclic) bond motifs is 3. The fourth-order valence-electron chi connectivity index (χ4n) is 13.4. The van der Waals surface area contributed by atoms with E-state index >= 15 is 0 Å². The van der Waals surface area contributed by atoms with Crippen LogP contribution in [0.4, 0.5) is 0 Å². The molecule has 402 valence electrons. The van der Waals surface area contributed by atoms with Gasteiger partial charge < -0.3 is 85.3 Å². The first-order chi connectivity index (χ1) is 38.0. The lowest BCUT2D eigenvalue weighted by Gasteiger charge is -2.39. The van der Waals surface area contributed by atoms with Crippen LogP contribution in [-0.4, -0.2) is 104 Å². The lowest BCUT2D eigenvalue weighted by Crippen LogP contribution is -2.60. The highest BCUT2D eigenvalue weighted by Gasteiger charge is 2.58. The molecular weight excluding hydrogens is 1020 g/mol. The molecule has 1 fully saturated rings. The van der Waals surface area contributed by atoms with Crippen molar-refractivity contribution in [3.63, 3.8) is 0 Å². The SMILES string of the molecule is OC[C@H]1O[C@@H](Oc2cc3c(c([C@@H]4[C@@H](c5ccc(O)cc5)c5c(O)cc6c7c5[C@H]4[C@H](c4ccc(O)cc4)c4c(O)cc(O)cc4C7[C@H](c4ccc(O)cc4)O6)c2)[C@@H](c2cc(O)cc(O)c2)[C@H](c2ccc(O)cc2)O3)[C@H](O)[C@@H](O)[C@@H]1O. The maximum atomic E-state index is 12.9. The van der Waals surface area contributed by atoms with Gasteiger partial charge in [-0.1, -0.05) is 48.5 Å². The van der Waals surface area contributed by atoms with E-state index in [4.69, 9.17) is 18.9 Å². The molecule has 1 saturated heterocycles. The summed E-state index contributed by atoms with van der Waals surface area (Å²) in [5, 5.41) is 146. The van der Waals surface area contributed by atoms with E-state index in [-0.39, 0.29) is 63.2 Å². The molecule has 17 heteroatoms. The Morgan fingerprint density at radius 1 is 0.367 bits per heavy atom. The van der Waals surface area contributed by atoms with Crippen molar-refractivity contribution >= 4 is 0 Å². The van der Waals surface area contributed by atoms with Gasteiger partial charge in [0, 0.05) is 70.2 Å². The fourth-order valence-corrected chi connectivity index (χ4v) is 13.4. The largest absolute Gasteiger partial charge is 0.508 e. The van der Waals surface area contributed by atoms with E-state index in [1.807, 2.05) is 0 Å². The molecular formula is C62H52O17. The number of hydrogen-bond donors (Lipinski definition) is 13. The zero-order valence-corrected chi connectivity index (χ0v) is 41.5. The molecule has 8 aromatic rings. The summed E-state index contributed by atoms with van der Waals surface area (Å²) in [4.78, 5) is 0. The molecule has 0 bridgehead atoms. The zero-order chi connectivity index (χ0) is 54.9. The van der Waals surface area contributed by atoms with Crippen molar-refractivity contribution in [3.8, 4) is 69.0 Å². The van der Waals surface area contributed by atoms with Gasteiger partial charge in [-0.05, 0) is 117 Å². The third-order valence-corrected chi connectivity index (χ3v) is 16.5. The molecule has 17 nitrogen and oxygen atoms in total. The molecule has 13 atom stereocenters. The molecule has 0 radical (unpaired) electrons. The van der Waals surface area contributed by atoms with Crippen LogP contribution < -0.4 is 14.2 Å². The topological polar surface area (TPSA) is 300 Å². The Hall–Kier alpha value is -8.84. The maximum absolute atomic E-state index is 12.9. The molecule has 1 unspecified atom stereocenters. The molecule has 0 spiro atoms.